The first-order valence-corrected chi connectivity index (χ1v) is 3.30. The summed E-state index contributed by atoms with van der Waals surface area (Å²) in [7, 11) is 0. The number of carbonyl (C=O) groups is 1. The van der Waals surface area contributed by atoms with E-state index in [1.165, 1.54) is 6.07 Å². The molecule has 0 atom stereocenters. The normalized spacial score (nSPS) is 9.42. The highest BCUT2D eigenvalue weighted by molar-refractivity contribution is 6.04. The number of carbonyl (C=O) groups excluding carboxylic acids is 1. The fourth-order valence-electron chi connectivity index (χ4n) is 0.778. The van der Waals surface area contributed by atoms with Crippen LogP contribution in [0, 0.1) is 5.82 Å². The van der Waals surface area contributed by atoms with Crippen LogP contribution in [0.15, 0.2) is 30.9 Å². The minimum atomic E-state index is -0.803. The molecule has 3 heteroatoms. The van der Waals surface area contributed by atoms with Gasteiger partial charge in [-0.1, -0.05) is 6.58 Å². The van der Waals surface area contributed by atoms with Gasteiger partial charge in [0.2, 0.25) is 0 Å². The molecule has 0 saturated heterocycles. The zero-order valence-corrected chi connectivity index (χ0v) is 6.25. The molecule has 1 aromatic carbocycles. The molecule has 0 aliphatic carbocycles. The molecule has 0 amide bonds. The van der Waals surface area contributed by atoms with E-state index in [-0.39, 0.29) is 11.3 Å². The van der Waals surface area contributed by atoms with Gasteiger partial charge in [-0.15, -0.1) is 0 Å². The molecule has 62 valence electrons. The third-order valence-corrected chi connectivity index (χ3v) is 1.42. The van der Waals surface area contributed by atoms with Gasteiger partial charge in [0, 0.05) is 5.56 Å². The van der Waals surface area contributed by atoms with Crippen LogP contribution in [-0.4, -0.2) is 10.9 Å². The van der Waals surface area contributed by atoms with E-state index in [9.17, 15) is 9.18 Å². The SMILES string of the molecule is C=CC(=O)c1ccc(O)c(F)c1. The Balaban J connectivity index is 3.13. The number of ketones is 1. The van der Waals surface area contributed by atoms with E-state index in [4.69, 9.17) is 5.11 Å². The van der Waals surface area contributed by atoms with Crippen molar-refractivity contribution in [1.82, 2.24) is 0 Å². The molecular formula is C9H7FO2. The Kier molecular flexibility index (Phi) is 2.24. The minimum absolute atomic E-state index is 0.181. The fraction of sp³-hybridized carbons (Fsp3) is 0. The Labute approximate surface area is 69.0 Å². The monoisotopic (exact) mass is 166 g/mol. The van der Waals surface area contributed by atoms with Crippen molar-refractivity contribution in [3.63, 3.8) is 0 Å². The summed E-state index contributed by atoms with van der Waals surface area (Å²) in [6, 6.07) is 3.44. The maximum atomic E-state index is 12.6. The Bertz CT molecular complexity index is 331. The summed E-state index contributed by atoms with van der Waals surface area (Å²) >= 11 is 0. The van der Waals surface area contributed by atoms with E-state index in [1.807, 2.05) is 0 Å². The second-order valence-corrected chi connectivity index (χ2v) is 2.23. The molecular weight excluding hydrogens is 159 g/mol. The highest BCUT2D eigenvalue weighted by atomic mass is 19.1. The molecule has 1 aromatic rings. The van der Waals surface area contributed by atoms with Crippen LogP contribution in [0.3, 0.4) is 0 Å². The van der Waals surface area contributed by atoms with Crippen LogP contribution in [0.5, 0.6) is 5.75 Å². The topological polar surface area (TPSA) is 37.3 Å². The van der Waals surface area contributed by atoms with E-state index in [2.05, 4.69) is 6.58 Å². The van der Waals surface area contributed by atoms with Crippen molar-refractivity contribution in [2.24, 2.45) is 0 Å². The minimum Gasteiger partial charge on any atom is -0.505 e. The lowest BCUT2D eigenvalue weighted by atomic mass is 10.1. The molecule has 12 heavy (non-hydrogen) atoms. The Morgan fingerprint density at radius 2 is 2.25 bits per heavy atom. The first kappa shape index (κ1) is 8.46. The second-order valence-electron chi connectivity index (χ2n) is 2.23. The molecule has 0 saturated carbocycles. The van der Waals surface area contributed by atoms with Crippen LogP contribution < -0.4 is 0 Å². The number of benzene rings is 1. The third kappa shape index (κ3) is 1.50. The van der Waals surface area contributed by atoms with Crippen LogP contribution in [0.25, 0.3) is 0 Å². The maximum Gasteiger partial charge on any atom is 0.185 e. The van der Waals surface area contributed by atoms with Crippen LogP contribution in [0.4, 0.5) is 4.39 Å². The second kappa shape index (κ2) is 3.17. The molecule has 0 aromatic heterocycles. The van der Waals surface area contributed by atoms with Crippen LogP contribution in [-0.2, 0) is 0 Å². The number of hydrogen-bond donors (Lipinski definition) is 1. The average molecular weight is 166 g/mol. The first-order valence-electron chi connectivity index (χ1n) is 3.30. The van der Waals surface area contributed by atoms with Gasteiger partial charge >= 0.3 is 0 Å². The summed E-state index contributed by atoms with van der Waals surface area (Å²) < 4.78 is 12.6. The summed E-state index contributed by atoms with van der Waals surface area (Å²) in [6.45, 7) is 3.25. The van der Waals surface area contributed by atoms with E-state index < -0.39 is 11.6 Å². The summed E-state index contributed by atoms with van der Waals surface area (Å²) in [5.41, 5.74) is 0.181. The van der Waals surface area contributed by atoms with E-state index in [0.29, 0.717) is 0 Å². The molecule has 1 rings (SSSR count). The highest BCUT2D eigenvalue weighted by Gasteiger charge is 2.05. The predicted octanol–water partition coefficient (Wildman–Crippen LogP) is 1.90. The zero-order valence-electron chi connectivity index (χ0n) is 6.25. The van der Waals surface area contributed by atoms with Crippen molar-refractivity contribution in [1.29, 1.82) is 0 Å². The molecule has 0 radical (unpaired) electrons. The number of rotatable bonds is 2. The maximum absolute atomic E-state index is 12.6. The molecule has 2 nitrogen and oxygen atoms in total. The molecule has 0 unspecified atom stereocenters. The summed E-state index contributed by atoms with van der Waals surface area (Å²) in [5, 5.41) is 8.79. The number of aromatic hydroxyl groups is 1. The first-order chi connectivity index (χ1) is 5.65. The Morgan fingerprint density at radius 1 is 1.58 bits per heavy atom. The Hall–Kier alpha value is -1.64. The number of halogens is 1. The lowest BCUT2D eigenvalue weighted by Gasteiger charge is -1.97. The van der Waals surface area contributed by atoms with Crippen molar-refractivity contribution in [2.75, 3.05) is 0 Å². The van der Waals surface area contributed by atoms with Gasteiger partial charge in [-0.25, -0.2) is 4.39 Å². The Morgan fingerprint density at radius 3 is 2.75 bits per heavy atom. The van der Waals surface area contributed by atoms with Gasteiger partial charge < -0.3 is 5.11 Å². The van der Waals surface area contributed by atoms with Crippen LogP contribution >= 0.6 is 0 Å². The van der Waals surface area contributed by atoms with Gasteiger partial charge in [0.1, 0.15) is 0 Å². The average Bonchev–Trinajstić information content (AvgIpc) is 2.08. The summed E-state index contributed by atoms with van der Waals surface area (Å²) in [4.78, 5) is 10.9. The fourth-order valence-corrected chi connectivity index (χ4v) is 0.778. The van der Waals surface area contributed by atoms with Crippen LogP contribution in [0.2, 0.25) is 0 Å². The van der Waals surface area contributed by atoms with Gasteiger partial charge in [-0.2, -0.15) is 0 Å². The molecule has 1 N–H and O–H groups in total. The number of hydrogen-bond acceptors (Lipinski definition) is 2. The quantitative estimate of drug-likeness (QED) is 0.538. The molecule has 0 aliphatic heterocycles. The standard InChI is InChI=1S/C9H7FO2/c1-2-8(11)6-3-4-9(12)7(10)5-6/h2-5,12H,1H2. The number of allylic oxidation sites excluding steroid dienone is 1. The zero-order chi connectivity index (χ0) is 9.14. The third-order valence-electron chi connectivity index (χ3n) is 1.42. The lowest BCUT2D eigenvalue weighted by molar-refractivity contribution is 0.104. The molecule has 0 heterocycles. The largest absolute Gasteiger partial charge is 0.505 e. The summed E-state index contributed by atoms with van der Waals surface area (Å²) in [6.07, 6.45) is 1.09. The number of phenolic OH excluding ortho intramolecular Hbond substituents is 1. The van der Waals surface area contributed by atoms with E-state index in [0.717, 1.165) is 18.2 Å². The van der Waals surface area contributed by atoms with Gasteiger partial charge in [0.05, 0.1) is 0 Å². The number of phenols is 1. The highest BCUT2D eigenvalue weighted by Crippen LogP contribution is 2.16. The van der Waals surface area contributed by atoms with Crippen molar-refractivity contribution < 1.29 is 14.3 Å². The molecule has 0 fully saturated rings. The van der Waals surface area contributed by atoms with Gasteiger partial charge in [0.15, 0.2) is 17.3 Å². The predicted molar refractivity (Wildman–Crippen MR) is 42.6 cm³/mol. The van der Waals surface area contributed by atoms with Crippen molar-refractivity contribution in [3.8, 4) is 5.75 Å². The van der Waals surface area contributed by atoms with E-state index >= 15 is 0 Å². The van der Waals surface area contributed by atoms with Crippen LogP contribution in [0.1, 0.15) is 10.4 Å². The van der Waals surface area contributed by atoms with Crippen molar-refractivity contribution in [3.05, 3.63) is 42.2 Å². The lowest BCUT2D eigenvalue weighted by Crippen LogP contribution is -1.93. The van der Waals surface area contributed by atoms with Crippen molar-refractivity contribution >= 4 is 5.78 Å². The van der Waals surface area contributed by atoms with Crippen molar-refractivity contribution in [2.45, 2.75) is 0 Å². The molecule has 0 bridgehead atoms. The smallest absolute Gasteiger partial charge is 0.185 e. The molecule has 0 spiro atoms. The van der Waals surface area contributed by atoms with Gasteiger partial charge in [-0.05, 0) is 24.3 Å². The molecule has 0 aliphatic rings. The van der Waals surface area contributed by atoms with E-state index in [1.54, 1.807) is 0 Å². The van der Waals surface area contributed by atoms with Gasteiger partial charge in [-0.3, -0.25) is 4.79 Å². The van der Waals surface area contributed by atoms with Gasteiger partial charge in [0.25, 0.3) is 0 Å². The summed E-state index contributed by atoms with van der Waals surface area (Å²) in [5.74, 6) is -1.63.